The van der Waals surface area contributed by atoms with E-state index < -0.39 is 0 Å². The number of aromatic amines is 1. The van der Waals surface area contributed by atoms with Gasteiger partial charge in [0, 0.05) is 25.2 Å². The average molecular weight is 287 g/mol. The van der Waals surface area contributed by atoms with E-state index in [-0.39, 0.29) is 5.56 Å². The van der Waals surface area contributed by atoms with Crippen molar-refractivity contribution in [2.45, 2.75) is 25.9 Å². The molecule has 2 N–H and O–H groups in total. The summed E-state index contributed by atoms with van der Waals surface area (Å²) < 4.78 is 0.510. The topological polar surface area (TPSA) is 61.0 Å². The number of anilines is 1. The van der Waals surface area contributed by atoms with Crippen LogP contribution in [0.4, 0.5) is 5.82 Å². The number of halogens is 1. The summed E-state index contributed by atoms with van der Waals surface area (Å²) in [5, 5.41) is 3.39. The normalized spacial score (nSPS) is 25.8. The Labute approximate surface area is 102 Å². The molecule has 16 heavy (non-hydrogen) atoms. The number of aromatic nitrogens is 2. The second-order valence-corrected chi connectivity index (χ2v) is 4.97. The van der Waals surface area contributed by atoms with Gasteiger partial charge in [-0.3, -0.25) is 4.79 Å². The predicted molar refractivity (Wildman–Crippen MR) is 66.8 cm³/mol. The van der Waals surface area contributed by atoms with E-state index in [0.29, 0.717) is 16.6 Å². The molecule has 1 saturated heterocycles. The van der Waals surface area contributed by atoms with E-state index in [1.165, 1.54) is 6.33 Å². The lowest BCUT2D eigenvalue weighted by Gasteiger charge is -2.38. The lowest BCUT2D eigenvalue weighted by molar-refractivity contribution is 0.422. The van der Waals surface area contributed by atoms with Crippen LogP contribution in [0.5, 0.6) is 0 Å². The number of nitrogens with zero attached hydrogens (tertiary/aromatic N) is 2. The van der Waals surface area contributed by atoms with E-state index in [1.54, 1.807) is 0 Å². The molecule has 0 aromatic carbocycles. The molecule has 0 spiro atoms. The van der Waals surface area contributed by atoms with Crippen LogP contribution in [-0.4, -0.2) is 35.1 Å². The fourth-order valence-corrected chi connectivity index (χ4v) is 2.34. The van der Waals surface area contributed by atoms with E-state index in [2.05, 4.69) is 50.0 Å². The number of hydrogen-bond donors (Lipinski definition) is 2. The van der Waals surface area contributed by atoms with Crippen molar-refractivity contribution in [1.29, 1.82) is 0 Å². The summed E-state index contributed by atoms with van der Waals surface area (Å²) in [6, 6.07) is 0.742. The van der Waals surface area contributed by atoms with Crippen molar-refractivity contribution in [3.63, 3.8) is 0 Å². The molecule has 1 aliphatic rings. The molecule has 88 valence electrons. The maximum absolute atomic E-state index is 11.5. The van der Waals surface area contributed by atoms with Gasteiger partial charge in [-0.2, -0.15) is 0 Å². The van der Waals surface area contributed by atoms with Gasteiger partial charge in [0.05, 0.1) is 6.33 Å². The van der Waals surface area contributed by atoms with Gasteiger partial charge in [-0.05, 0) is 29.8 Å². The van der Waals surface area contributed by atoms with Gasteiger partial charge in [-0.15, -0.1) is 0 Å². The number of rotatable bonds is 1. The molecule has 5 nitrogen and oxygen atoms in total. The quantitative estimate of drug-likeness (QED) is 0.799. The van der Waals surface area contributed by atoms with E-state index in [1.807, 2.05) is 0 Å². The minimum Gasteiger partial charge on any atom is -0.350 e. The molecular weight excluding hydrogens is 272 g/mol. The van der Waals surface area contributed by atoms with Crippen LogP contribution >= 0.6 is 15.9 Å². The van der Waals surface area contributed by atoms with E-state index in [4.69, 9.17) is 0 Å². The van der Waals surface area contributed by atoms with Crippen molar-refractivity contribution >= 4 is 21.7 Å². The van der Waals surface area contributed by atoms with Crippen molar-refractivity contribution in [3.05, 3.63) is 21.2 Å². The fraction of sp³-hybridized carbons (Fsp3) is 0.600. The molecule has 2 atom stereocenters. The summed E-state index contributed by atoms with van der Waals surface area (Å²) in [5.41, 5.74) is -0.136. The van der Waals surface area contributed by atoms with Gasteiger partial charge in [0.15, 0.2) is 5.82 Å². The third-order valence-electron chi connectivity index (χ3n) is 2.81. The SMILES string of the molecule is CC1CN(c2nc[nH]c(=O)c2Br)C(C)CN1. The van der Waals surface area contributed by atoms with Crippen LogP contribution in [0.3, 0.4) is 0 Å². The third kappa shape index (κ3) is 2.12. The lowest BCUT2D eigenvalue weighted by Crippen LogP contribution is -2.55. The number of piperazine rings is 1. The first-order valence-electron chi connectivity index (χ1n) is 5.33. The van der Waals surface area contributed by atoms with Crippen LogP contribution in [0, 0.1) is 0 Å². The Morgan fingerprint density at radius 3 is 3.06 bits per heavy atom. The van der Waals surface area contributed by atoms with Crippen LogP contribution < -0.4 is 15.8 Å². The standard InChI is InChI=1S/C10H15BrN4O/c1-6-4-15(7(2)3-12-6)9-8(11)10(16)14-5-13-9/h5-7,12H,3-4H2,1-2H3,(H,13,14,16). The van der Waals surface area contributed by atoms with E-state index in [0.717, 1.165) is 18.9 Å². The minimum atomic E-state index is -0.136. The first-order chi connectivity index (χ1) is 7.59. The van der Waals surface area contributed by atoms with E-state index >= 15 is 0 Å². The first-order valence-corrected chi connectivity index (χ1v) is 6.12. The number of nitrogens with one attached hydrogen (secondary N) is 2. The van der Waals surface area contributed by atoms with Crippen LogP contribution in [0.25, 0.3) is 0 Å². The van der Waals surface area contributed by atoms with Gasteiger partial charge in [-0.1, -0.05) is 0 Å². The van der Waals surface area contributed by atoms with Crippen molar-refractivity contribution in [1.82, 2.24) is 15.3 Å². The van der Waals surface area contributed by atoms with Crippen LogP contribution in [0.1, 0.15) is 13.8 Å². The van der Waals surface area contributed by atoms with Gasteiger partial charge in [0.2, 0.25) is 0 Å². The summed E-state index contributed by atoms with van der Waals surface area (Å²) >= 11 is 3.29. The van der Waals surface area contributed by atoms with Gasteiger partial charge >= 0.3 is 0 Å². The monoisotopic (exact) mass is 286 g/mol. The molecule has 0 bridgehead atoms. The summed E-state index contributed by atoms with van der Waals surface area (Å²) in [4.78, 5) is 20.4. The molecule has 1 fully saturated rings. The molecule has 0 aliphatic carbocycles. The fourth-order valence-electron chi connectivity index (χ4n) is 1.89. The molecule has 6 heteroatoms. The Hall–Kier alpha value is -0.880. The van der Waals surface area contributed by atoms with Gasteiger partial charge in [0.25, 0.3) is 5.56 Å². The summed E-state index contributed by atoms with van der Waals surface area (Å²) in [7, 11) is 0. The second kappa shape index (κ2) is 4.55. The lowest BCUT2D eigenvalue weighted by atomic mass is 10.1. The number of hydrogen-bond acceptors (Lipinski definition) is 4. The molecule has 2 rings (SSSR count). The van der Waals surface area contributed by atoms with Crippen LogP contribution in [0.15, 0.2) is 15.6 Å². The zero-order valence-electron chi connectivity index (χ0n) is 9.33. The average Bonchev–Trinajstić information content (AvgIpc) is 2.26. The highest BCUT2D eigenvalue weighted by molar-refractivity contribution is 9.10. The highest BCUT2D eigenvalue weighted by atomic mass is 79.9. The molecule has 2 heterocycles. The minimum absolute atomic E-state index is 0.136. The summed E-state index contributed by atoms with van der Waals surface area (Å²) in [5.74, 6) is 0.726. The third-order valence-corrected chi connectivity index (χ3v) is 3.53. The molecule has 0 radical (unpaired) electrons. The molecule has 0 amide bonds. The van der Waals surface area contributed by atoms with Gasteiger partial charge in [0.1, 0.15) is 4.47 Å². The van der Waals surface area contributed by atoms with Gasteiger partial charge in [-0.25, -0.2) is 4.98 Å². The summed E-state index contributed by atoms with van der Waals surface area (Å²) in [6.45, 7) is 6.01. The Bertz CT molecular complexity index is 433. The molecule has 0 saturated carbocycles. The van der Waals surface area contributed by atoms with Crippen molar-refractivity contribution in [2.24, 2.45) is 0 Å². The van der Waals surface area contributed by atoms with Crippen molar-refractivity contribution in [3.8, 4) is 0 Å². The number of H-pyrrole nitrogens is 1. The summed E-state index contributed by atoms with van der Waals surface area (Å²) in [6.07, 6.45) is 1.45. The second-order valence-electron chi connectivity index (χ2n) is 4.18. The van der Waals surface area contributed by atoms with Crippen LogP contribution in [-0.2, 0) is 0 Å². The smallest absolute Gasteiger partial charge is 0.267 e. The molecule has 1 aromatic rings. The maximum atomic E-state index is 11.5. The Morgan fingerprint density at radius 2 is 2.31 bits per heavy atom. The maximum Gasteiger partial charge on any atom is 0.267 e. The van der Waals surface area contributed by atoms with Crippen LogP contribution in [0.2, 0.25) is 0 Å². The first kappa shape index (κ1) is 11.6. The zero-order chi connectivity index (χ0) is 11.7. The highest BCUT2D eigenvalue weighted by Gasteiger charge is 2.25. The molecular formula is C10H15BrN4O. The van der Waals surface area contributed by atoms with Gasteiger partial charge < -0.3 is 15.2 Å². The van der Waals surface area contributed by atoms with E-state index in [9.17, 15) is 4.79 Å². The largest absolute Gasteiger partial charge is 0.350 e. The Kier molecular flexibility index (Phi) is 3.30. The van der Waals surface area contributed by atoms with Crippen molar-refractivity contribution < 1.29 is 0 Å². The Morgan fingerprint density at radius 1 is 1.56 bits per heavy atom. The molecule has 2 unspecified atom stereocenters. The Balaban J connectivity index is 2.35. The van der Waals surface area contributed by atoms with Crippen molar-refractivity contribution in [2.75, 3.05) is 18.0 Å². The molecule has 1 aliphatic heterocycles. The highest BCUT2D eigenvalue weighted by Crippen LogP contribution is 2.22. The zero-order valence-corrected chi connectivity index (χ0v) is 10.9. The predicted octanol–water partition coefficient (Wildman–Crippen LogP) is 0.719. The molecule has 1 aromatic heterocycles.